The van der Waals surface area contributed by atoms with Crippen LogP contribution in [0.5, 0.6) is 0 Å². The Labute approximate surface area is 201 Å². The summed E-state index contributed by atoms with van der Waals surface area (Å²) in [5.74, 6) is -0.604. The third-order valence-electron chi connectivity index (χ3n) is 5.62. The van der Waals surface area contributed by atoms with Crippen molar-refractivity contribution in [3.05, 3.63) is 89.2 Å². The summed E-state index contributed by atoms with van der Waals surface area (Å²) in [6, 6.07) is 16.7. The summed E-state index contributed by atoms with van der Waals surface area (Å²) < 4.78 is 56.7. The van der Waals surface area contributed by atoms with Crippen molar-refractivity contribution in [1.29, 1.82) is 0 Å². The van der Waals surface area contributed by atoms with E-state index in [0.29, 0.717) is 16.8 Å². The number of rotatable bonds is 7. The van der Waals surface area contributed by atoms with E-state index < -0.39 is 28.5 Å². The molecule has 0 aliphatic carbocycles. The zero-order valence-corrected chi connectivity index (χ0v) is 20.1. The lowest BCUT2D eigenvalue weighted by Gasteiger charge is -2.17. The second-order valence-corrected chi connectivity index (χ2v) is 9.93. The van der Waals surface area contributed by atoms with Gasteiger partial charge in [-0.1, -0.05) is 35.9 Å². The molecule has 35 heavy (non-hydrogen) atoms. The molecule has 4 aromatic rings. The number of imidazole rings is 1. The average Bonchev–Trinajstić information content (AvgIpc) is 3.20. The number of carbonyl (C=O) groups is 1. The number of sulfonamides is 1. The second-order valence-electron chi connectivity index (χ2n) is 8.25. The molecule has 0 fully saturated rings. The average molecular weight is 499 g/mol. The number of amides is 1. The lowest BCUT2D eigenvalue weighted by Crippen LogP contribution is -2.29. The Kier molecular flexibility index (Phi) is 6.58. The number of nitrogens with zero attached hydrogens (tertiary/aromatic N) is 2. The first-order chi connectivity index (χ1) is 16.6. The maximum absolute atomic E-state index is 13.8. The molecule has 0 saturated heterocycles. The van der Waals surface area contributed by atoms with Crippen LogP contribution < -0.4 is 10.0 Å². The molecule has 0 radical (unpaired) electrons. The van der Waals surface area contributed by atoms with Crippen LogP contribution in [0.4, 0.5) is 14.5 Å². The Morgan fingerprint density at radius 2 is 1.69 bits per heavy atom. The van der Waals surface area contributed by atoms with Crippen molar-refractivity contribution in [2.45, 2.75) is 38.3 Å². The fraction of sp³-hybridized carbons (Fsp3) is 0.200. The summed E-state index contributed by atoms with van der Waals surface area (Å²) in [5, 5.41) is 2.67. The second kappa shape index (κ2) is 9.46. The van der Waals surface area contributed by atoms with Gasteiger partial charge in [-0.2, -0.15) is 8.78 Å². The zero-order chi connectivity index (χ0) is 25.3. The first-order valence-electron chi connectivity index (χ1n) is 10.8. The van der Waals surface area contributed by atoms with Crippen LogP contribution in [0.15, 0.2) is 71.6 Å². The number of carbonyl (C=O) groups excluding carboxylic acids is 1. The molecule has 1 aromatic heterocycles. The van der Waals surface area contributed by atoms with Crippen molar-refractivity contribution < 1.29 is 22.0 Å². The van der Waals surface area contributed by atoms with Gasteiger partial charge in [0.25, 0.3) is 15.9 Å². The van der Waals surface area contributed by atoms with Crippen LogP contribution in [0.3, 0.4) is 0 Å². The third kappa shape index (κ3) is 5.02. The molecular formula is C25H24F2N4O3S. The zero-order valence-electron chi connectivity index (χ0n) is 19.3. The van der Waals surface area contributed by atoms with Crippen LogP contribution in [0, 0.1) is 13.8 Å². The van der Waals surface area contributed by atoms with Crippen LogP contribution in [0.1, 0.15) is 46.8 Å². The molecule has 1 amide bonds. The Morgan fingerprint density at radius 3 is 2.37 bits per heavy atom. The van der Waals surface area contributed by atoms with E-state index in [1.807, 2.05) is 6.92 Å². The molecule has 0 aliphatic heterocycles. The van der Waals surface area contributed by atoms with Crippen molar-refractivity contribution in [2.75, 3.05) is 4.72 Å². The maximum atomic E-state index is 13.8. The summed E-state index contributed by atoms with van der Waals surface area (Å²) in [7, 11) is -3.96. The van der Waals surface area contributed by atoms with Gasteiger partial charge in [0.05, 0.1) is 22.0 Å². The van der Waals surface area contributed by atoms with E-state index in [1.165, 1.54) is 24.3 Å². The summed E-state index contributed by atoms with van der Waals surface area (Å²) in [6.07, 6.45) is 0. The van der Waals surface area contributed by atoms with E-state index in [0.717, 1.165) is 10.1 Å². The molecule has 0 aliphatic rings. The summed E-state index contributed by atoms with van der Waals surface area (Å²) in [5.41, 5.74) is 2.66. The lowest BCUT2D eigenvalue weighted by molar-refractivity contribution is 0.0687. The maximum Gasteiger partial charge on any atom is 0.320 e. The van der Waals surface area contributed by atoms with E-state index >= 15 is 0 Å². The number of alkyl halides is 2. The highest BCUT2D eigenvalue weighted by Gasteiger charge is 2.24. The summed E-state index contributed by atoms with van der Waals surface area (Å²) in [4.78, 5) is 17.2. The van der Waals surface area contributed by atoms with Crippen LogP contribution in [-0.2, 0) is 10.0 Å². The number of benzene rings is 3. The predicted molar refractivity (Wildman–Crippen MR) is 130 cm³/mol. The van der Waals surface area contributed by atoms with Gasteiger partial charge in [0.2, 0.25) is 0 Å². The fourth-order valence-corrected chi connectivity index (χ4v) is 4.85. The van der Waals surface area contributed by atoms with E-state index in [2.05, 4.69) is 15.0 Å². The van der Waals surface area contributed by atoms with Gasteiger partial charge in [-0.15, -0.1) is 0 Å². The highest BCUT2D eigenvalue weighted by Crippen LogP contribution is 2.27. The van der Waals surface area contributed by atoms with Gasteiger partial charge in [-0.25, -0.2) is 13.4 Å². The Morgan fingerprint density at radius 1 is 1.00 bits per heavy atom. The molecule has 4 rings (SSSR count). The minimum atomic E-state index is -3.96. The van der Waals surface area contributed by atoms with E-state index in [9.17, 15) is 22.0 Å². The number of halogens is 2. The van der Waals surface area contributed by atoms with Gasteiger partial charge >= 0.3 is 6.55 Å². The van der Waals surface area contributed by atoms with Crippen molar-refractivity contribution in [3.8, 4) is 0 Å². The van der Waals surface area contributed by atoms with Gasteiger partial charge in [0, 0.05) is 11.3 Å². The molecule has 1 unspecified atom stereocenters. The first-order valence-corrected chi connectivity index (χ1v) is 12.3. The number of anilines is 1. The number of fused-ring (bicyclic) bond motifs is 1. The quantitative estimate of drug-likeness (QED) is 0.360. The van der Waals surface area contributed by atoms with Crippen molar-refractivity contribution >= 4 is 32.7 Å². The smallest absolute Gasteiger partial charge is 0.320 e. The van der Waals surface area contributed by atoms with Gasteiger partial charge in [-0.05, 0) is 62.7 Å². The van der Waals surface area contributed by atoms with Crippen LogP contribution in [0.2, 0.25) is 0 Å². The molecule has 1 atom stereocenters. The van der Waals surface area contributed by atoms with Gasteiger partial charge in [0.1, 0.15) is 5.82 Å². The number of hydrogen-bond acceptors (Lipinski definition) is 4. The minimum absolute atomic E-state index is 0.00276. The highest BCUT2D eigenvalue weighted by molar-refractivity contribution is 7.92. The Balaban J connectivity index is 1.61. The van der Waals surface area contributed by atoms with Crippen LogP contribution in [0.25, 0.3) is 11.0 Å². The molecular weight excluding hydrogens is 474 g/mol. The molecule has 0 bridgehead atoms. The van der Waals surface area contributed by atoms with Gasteiger partial charge in [-0.3, -0.25) is 14.1 Å². The van der Waals surface area contributed by atoms with Gasteiger partial charge in [0.15, 0.2) is 0 Å². The fourth-order valence-electron chi connectivity index (χ4n) is 3.76. The lowest BCUT2D eigenvalue weighted by atomic mass is 10.1. The third-order valence-corrected chi connectivity index (χ3v) is 7.00. The molecule has 10 heteroatoms. The standard InChI is InChI=1S/C25H24F2N4O3S/c1-15-8-11-18(12-9-15)30-35(33,34)19-13-10-16(2)20(14-19)24(32)28-17(3)23-29-21-6-4-5-7-22(21)31(23)25(26)27/h4-14,17,25,30H,1-3H3,(H,28,32). The van der Waals surface area contributed by atoms with E-state index in [4.69, 9.17) is 0 Å². The normalized spacial score (nSPS) is 12.6. The van der Waals surface area contributed by atoms with E-state index in [1.54, 1.807) is 56.3 Å². The number of nitrogens with one attached hydrogen (secondary N) is 2. The molecule has 0 saturated carbocycles. The van der Waals surface area contributed by atoms with Crippen molar-refractivity contribution in [1.82, 2.24) is 14.9 Å². The van der Waals surface area contributed by atoms with E-state index in [-0.39, 0.29) is 21.8 Å². The van der Waals surface area contributed by atoms with Gasteiger partial charge < -0.3 is 5.32 Å². The monoisotopic (exact) mass is 498 g/mol. The van der Waals surface area contributed by atoms with Crippen molar-refractivity contribution in [3.63, 3.8) is 0 Å². The number of hydrogen-bond donors (Lipinski definition) is 2. The molecule has 0 spiro atoms. The number of aromatic nitrogens is 2. The molecule has 7 nitrogen and oxygen atoms in total. The summed E-state index contributed by atoms with van der Waals surface area (Å²) >= 11 is 0. The predicted octanol–water partition coefficient (Wildman–Crippen LogP) is 5.34. The Hall–Kier alpha value is -3.79. The molecule has 2 N–H and O–H groups in total. The largest absolute Gasteiger partial charge is 0.342 e. The SMILES string of the molecule is Cc1ccc(NS(=O)(=O)c2ccc(C)c(C(=O)NC(C)c3nc4ccccc4n3C(F)F)c2)cc1. The van der Waals surface area contributed by atoms with Crippen molar-refractivity contribution in [2.24, 2.45) is 0 Å². The molecule has 182 valence electrons. The minimum Gasteiger partial charge on any atom is -0.342 e. The number of para-hydroxylation sites is 2. The van der Waals surface area contributed by atoms with Crippen LogP contribution in [-0.4, -0.2) is 23.9 Å². The van der Waals surface area contributed by atoms with Crippen LogP contribution >= 0.6 is 0 Å². The number of aryl methyl sites for hydroxylation is 2. The molecule has 1 heterocycles. The highest BCUT2D eigenvalue weighted by atomic mass is 32.2. The summed E-state index contributed by atoms with van der Waals surface area (Å²) in [6.45, 7) is 2.25. The first kappa shape index (κ1) is 24.3. The Bertz CT molecular complexity index is 1500. The molecule has 3 aromatic carbocycles. The topological polar surface area (TPSA) is 93.1 Å².